The number of amides is 1. The van der Waals surface area contributed by atoms with Crippen molar-refractivity contribution in [1.82, 2.24) is 0 Å². The van der Waals surface area contributed by atoms with Gasteiger partial charge in [-0.1, -0.05) is 11.6 Å². The van der Waals surface area contributed by atoms with Gasteiger partial charge >= 0.3 is 0 Å². The summed E-state index contributed by atoms with van der Waals surface area (Å²) in [6, 6.07) is 10.6. The van der Waals surface area contributed by atoms with Crippen LogP contribution in [0.5, 0.6) is 5.75 Å². The highest BCUT2D eigenvalue weighted by molar-refractivity contribution is 6.30. The third-order valence-electron chi connectivity index (χ3n) is 2.97. The van der Waals surface area contributed by atoms with Gasteiger partial charge < -0.3 is 15.8 Å². The molecule has 21 heavy (non-hydrogen) atoms. The molecule has 4 nitrogen and oxygen atoms in total. The van der Waals surface area contributed by atoms with Crippen LogP contribution in [0.3, 0.4) is 0 Å². The molecule has 0 radical (unpaired) electrons. The maximum absolute atomic E-state index is 11.9. The highest BCUT2D eigenvalue weighted by Crippen LogP contribution is 2.27. The molecular weight excluding hydrogens is 288 g/mol. The molecule has 0 fully saturated rings. The van der Waals surface area contributed by atoms with Gasteiger partial charge in [0.05, 0.1) is 0 Å². The smallest absolute Gasteiger partial charge is 0.262 e. The fraction of sp³-hybridized carbons (Fsp3) is 0.188. The number of carbonyl (C=O) groups is 1. The number of anilines is 2. The minimum Gasteiger partial charge on any atom is -0.483 e. The van der Waals surface area contributed by atoms with Crippen LogP contribution >= 0.6 is 11.6 Å². The number of hydrogen-bond acceptors (Lipinski definition) is 3. The second kappa shape index (κ2) is 6.50. The lowest BCUT2D eigenvalue weighted by Gasteiger charge is -2.12. The number of nitrogens with one attached hydrogen (secondary N) is 1. The Morgan fingerprint density at radius 2 is 1.76 bits per heavy atom. The molecule has 1 amide bonds. The monoisotopic (exact) mass is 304 g/mol. The molecule has 0 atom stereocenters. The van der Waals surface area contributed by atoms with Crippen molar-refractivity contribution in [2.75, 3.05) is 17.7 Å². The van der Waals surface area contributed by atoms with E-state index in [1.807, 2.05) is 26.0 Å². The third kappa shape index (κ3) is 4.13. The minimum absolute atomic E-state index is 0.0618. The Labute approximate surface area is 128 Å². The average molecular weight is 305 g/mol. The van der Waals surface area contributed by atoms with Gasteiger partial charge in [-0.3, -0.25) is 4.79 Å². The van der Waals surface area contributed by atoms with Crippen LogP contribution in [0.4, 0.5) is 11.4 Å². The van der Waals surface area contributed by atoms with E-state index in [4.69, 9.17) is 22.1 Å². The molecule has 0 saturated heterocycles. The molecule has 0 unspecified atom stereocenters. The molecule has 3 N–H and O–H groups in total. The first kappa shape index (κ1) is 15.2. The Balaban J connectivity index is 1.97. The van der Waals surface area contributed by atoms with Crippen molar-refractivity contribution in [2.24, 2.45) is 0 Å². The highest BCUT2D eigenvalue weighted by atomic mass is 35.5. The van der Waals surface area contributed by atoms with E-state index in [-0.39, 0.29) is 12.5 Å². The number of carbonyl (C=O) groups excluding carboxylic acids is 1. The number of nitrogen functional groups attached to an aromatic ring is 1. The Kier molecular flexibility index (Phi) is 4.70. The van der Waals surface area contributed by atoms with Crippen LogP contribution in [-0.4, -0.2) is 12.5 Å². The van der Waals surface area contributed by atoms with Crippen molar-refractivity contribution >= 4 is 28.9 Å². The number of rotatable bonds is 4. The number of nitrogens with two attached hydrogens (primary N) is 1. The van der Waals surface area contributed by atoms with E-state index in [1.54, 1.807) is 24.3 Å². The lowest BCUT2D eigenvalue weighted by Crippen LogP contribution is -2.20. The summed E-state index contributed by atoms with van der Waals surface area (Å²) >= 11 is 5.96. The summed E-state index contributed by atoms with van der Waals surface area (Å²) in [5.74, 6) is 0.459. The van der Waals surface area contributed by atoms with E-state index in [9.17, 15) is 4.79 Å². The maximum Gasteiger partial charge on any atom is 0.262 e. The predicted octanol–water partition coefficient (Wildman–Crippen LogP) is 3.56. The summed E-state index contributed by atoms with van der Waals surface area (Å²) in [4.78, 5) is 11.9. The van der Waals surface area contributed by atoms with Gasteiger partial charge in [0.15, 0.2) is 6.61 Å². The van der Waals surface area contributed by atoms with Crippen molar-refractivity contribution in [3.8, 4) is 5.75 Å². The van der Waals surface area contributed by atoms with Crippen molar-refractivity contribution in [1.29, 1.82) is 0 Å². The molecular formula is C16H17ClN2O2. The molecule has 110 valence electrons. The summed E-state index contributed by atoms with van der Waals surface area (Å²) in [5.41, 5.74) is 8.73. The molecule has 0 saturated carbocycles. The fourth-order valence-electron chi connectivity index (χ4n) is 2.03. The van der Waals surface area contributed by atoms with Crippen molar-refractivity contribution in [3.63, 3.8) is 0 Å². The summed E-state index contributed by atoms with van der Waals surface area (Å²) in [7, 11) is 0. The van der Waals surface area contributed by atoms with Crippen LogP contribution in [0, 0.1) is 13.8 Å². The zero-order valence-electron chi connectivity index (χ0n) is 11.9. The first-order chi connectivity index (χ1) is 9.95. The van der Waals surface area contributed by atoms with Crippen LogP contribution in [0.15, 0.2) is 36.4 Å². The first-order valence-electron chi connectivity index (χ1n) is 6.50. The van der Waals surface area contributed by atoms with E-state index >= 15 is 0 Å². The third-order valence-corrected chi connectivity index (χ3v) is 3.19. The van der Waals surface area contributed by atoms with Gasteiger partial charge in [-0.2, -0.15) is 0 Å². The van der Waals surface area contributed by atoms with Crippen LogP contribution < -0.4 is 15.8 Å². The largest absolute Gasteiger partial charge is 0.483 e. The molecule has 0 aliphatic carbocycles. The van der Waals surface area contributed by atoms with Crippen LogP contribution in [0.2, 0.25) is 5.02 Å². The minimum atomic E-state index is -0.228. The molecule has 0 aromatic heterocycles. The van der Waals surface area contributed by atoms with Crippen molar-refractivity contribution in [3.05, 3.63) is 52.5 Å². The molecule has 5 heteroatoms. The van der Waals surface area contributed by atoms with Crippen molar-refractivity contribution in [2.45, 2.75) is 13.8 Å². The SMILES string of the molecule is Cc1cc(Cl)cc(C)c1OCC(=O)Nc1ccc(N)cc1. The fourth-order valence-corrected chi connectivity index (χ4v) is 2.35. The second-order valence-corrected chi connectivity index (χ2v) is 5.26. The summed E-state index contributed by atoms with van der Waals surface area (Å²) in [6.07, 6.45) is 0. The summed E-state index contributed by atoms with van der Waals surface area (Å²) < 4.78 is 5.58. The lowest BCUT2D eigenvalue weighted by atomic mass is 10.1. The molecule has 2 aromatic rings. The molecule has 0 aliphatic rings. The molecule has 0 aliphatic heterocycles. The van der Waals surface area contributed by atoms with Gasteiger partial charge in [-0.15, -0.1) is 0 Å². The van der Waals surface area contributed by atoms with Gasteiger partial charge in [0.1, 0.15) is 5.75 Å². The van der Waals surface area contributed by atoms with Crippen LogP contribution in [0.25, 0.3) is 0 Å². The number of benzene rings is 2. The number of aryl methyl sites for hydroxylation is 2. The zero-order valence-corrected chi connectivity index (χ0v) is 12.7. The van der Waals surface area contributed by atoms with Crippen LogP contribution in [-0.2, 0) is 4.79 Å². The molecule has 0 spiro atoms. The highest BCUT2D eigenvalue weighted by Gasteiger charge is 2.09. The Hall–Kier alpha value is -2.20. The Bertz CT molecular complexity index is 631. The van der Waals surface area contributed by atoms with E-state index in [0.29, 0.717) is 22.1 Å². The molecule has 0 bridgehead atoms. The number of hydrogen-bond donors (Lipinski definition) is 2. The second-order valence-electron chi connectivity index (χ2n) is 4.83. The summed E-state index contributed by atoms with van der Waals surface area (Å²) in [5, 5.41) is 3.40. The molecule has 0 heterocycles. The summed E-state index contributed by atoms with van der Waals surface area (Å²) in [6.45, 7) is 3.73. The van der Waals surface area contributed by atoms with Gasteiger partial charge in [-0.05, 0) is 61.4 Å². The Morgan fingerprint density at radius 1 is 1.19 bits per heavy atom. The van der Waals surface area contributed by atoms with E-state index in [1.165, 1.54) is 0 Å². The normalized spacial score (nSPS) is 10.2. The quantitative estimate of drug-likeness (QED) is 0.849. The van der Waals surface area contributed by atoms with E-state index in [2.05, 4.69) is 5.32 Å². The van der Waals surface area contributed by atoms with E-state index < -0.39 is 0 Å². The Morgan fingerprint density at radius 3 is 2.33 bits per heavy atom. The maximum atomic E-state index is 11.9. The lowest BCUT2D eigenvalue weighted by molar-refractivity contribution is -0.118. The topological polar surface area (TPSA) is 64.3 Å². The first-order valence-corrected chi connectivity index (χ1v) is 6.88. The average Bonchev–Trinajstić information content (AvgIpc) is 2.40. The molecule has 2 rings (SSSR count). The van der Waals surface area contributed by atoms with Crippen LogP contribution in [0.1, 0.15) is 11.1 Å². The predicted molar refractivity (Wildman–Crippen MR) is 85.9 cm³/mol. The zero-order chi connectivity index (χ0) is 15.4. The van der Waals surface area contributed by atoms with E-state index in [0.717, 1.165) is 11.1 Å². The molecule has 2 aromatic carbocycles. The number of ether oxygens (including phenoxy) is 1. The van der Waals surface area contributed by atoms with Gasteiger partial charge in [0.2, 0.25) is 0 Å². The standard InChI is InChI=1S/C16H17ClN2O2/c1-10-7-12(17)8-11(2)16(10)21-9-15(20)19-14-5-3-13(18)4-6-14/h3-8H,9,18H2,1-2H3,(H,19,20). The van der Waals surface area contributed by atoms with Gasteiger partial charge in [-0.25, -0.2) is 0 Å². The number of halogens is 1. The van der Waals surface area contributed by atoms with Crippen molar-refractivity contribution < 1.29 is 9.53 Å². The van der Waals surface area contributed by atoms with Gasteiger partial charge in [0, 0.05) is 16.4 Å². The van der Waals surface area contributed by atoms with Gasteiger partial charge in [0.25, 0.3) is 5.91 Å².